The van der Waals surface area contributed by atoms with E-state index in [4.69, 9.17) is 5.11 Å². The minimum atomic E-state index is -3.55. The molecule has 0 spiro atoms. The van der Waals surface area contributed by atoms with E-state index in [-0.39, 0.29) is 6.42 Å². The summed E-state index contributed by atoms with van der Waals surface area (Å²) >= 11 is 0. The van der Waals surface area contributed by atoms with Crippen LogP contribution in [0.4, 0.5) is 5.69 Å². The normalized spacial score (nSPS) is 11.6. The van der Waals surface area contributed by atoms with Crippen LogP contribution in [0, 0.1) is 0 Å². The minimum Gasteiger partial charge on any atom is -0.480 e. The first-order chi connectivity index (χ1) is 11.4. The minimum absolute atomic E-state index is 0.00261. The van der Waals surface area contributed by atoms with E-state index in [0.717, 1.165) is 6.26 Å². The lowest BCUT2D eigenvalue weighted by Gasteiger charge is -2.23. The fourth-order valence-electron chi connectivity index (χ4n) is 1.93. The van der Waals surface area contributed by atoms with Crippen LogP contribution in [0.1, 0.15) is 19.4 Å². The van der Waals surface area contributed by atoms with Crippen LogP contribution in [0.25, 0.3) is 0 Å². The van der Waals surface area contributed by atoms with E-state index in [0.29, 0.717) is 11.3 Å². The molecule has 10 heteroatoms. The predicted octanol–water partition coefficient (Wildman–Crippen LogP) is -0.304. The molecular formula is C15H21N3O6S. The second kappa shape index (κ2) is 8.08. The Morgan fingerprint density at radius 3 is 2.16 bits per heavy atom. The van der Waals surface area contributed by atoms with Gasteiger partial charge in [0.05, 0.1) is 12.7 Å². The Balaban J connectivity index is 2.66. The number of carboxylic acids is 1. The van der Waals surface area contributed by atoms with E-state index in [1.807, 2.05) is 0 Å². The Hall–Kier alpha value is -2.46. The van der Waals surface area contributed by atoms with Gasteiger partial charge in [0.15, 0.2) is 0 Å². The van der Waals surface area contributed by atoms with Gasteiger partial charge in [-0.3, -0.25) is 14.4 Å². The lowest BCUT2D eigenvalue weighted by molar-refractivity contribution is -0.137. The summed E-state index contributed by atoms with van der Waals surface area (Å²) in [6.45, 7) is 2.42. The second-order valence-corrected chi connectivity index (χ2v) is 7.75. The van der Waals surface area contributed by atoms with Crippen LogP contribution >= 0.6 is 0 Å². The molecule has 9 nitrogen and oxygen atoms in total. The van der Waals surface area contributed by atoms with E-state index in [1.165, 1.54) is 13.8 Å². The molecule has 0 radical (unpaired) electrons. The highest BCUT2D eigenvalue weighted by molar-refractivity contribution is 7.88. The molecule has 1 aromatic carbocycles. The highest BCUT2D eigenvalue weighted by Gasteiger charge is 2.30. The molecule has 0 aliphatic rings. The number of carboxylic acid groups (broad SMARTS) is 1. The molecule has 0 aliphatic heterocycles. The molecular weight excluding hydrogens is 350 g/mol. The van der Waals surface area contributed by atoms with Crippen molar-refractivity contribution < 1.29 is 27.9 Å². The molecule has 25 heavy (non-hydrogen) atoms. The lowest BCUT2D eigenvalue weighted by Crippen LogP contribution is -2.51. The van der Waals surface area contributed by atoms with E-state index >= 15 is 0 Å². The average molecular weight is 371 g/mol. The Bertz CT molecular complexity index is 756. The van der Waals surface area contributed by atoms with Gasteiger partial charge in [0, 0.05) is 5.69 Å². The Labute approximate surface area is 145 Å². The largest absolute Gasteiger partial charge is 0.480 e. The van der Waals surface area contributed by atoms with Crippen LogP contribution in [-0.2, 0) is 30.8 Å². The molecule has 1 rings (SSSR count). The number of carbonyl (C=O) groups is 3. The topological polar surface area (TPSA) is 142 Å². The van der Waals surface area contributed by atoms with Crippen molar-refractivity contribution in [2.24, 2.45) is 0 Å². The fraction of sp³-hybridized carbons (Fsp3) is 0.400. The van der Waals surface area contributed by atoms with Crippen molar-refractivity contribution in [3.05, 3.63) is 29.8 Å². The van der Waals surface area contributed by atoms with Crippen molar-refractivity contribution >= 4 is 33.5 Å². The van der Waals surface area contributed by atoms with Crippen molar-refractivity contribution in [2.45, 2.75) is 25.8 Å². The van der Waals surface area contributed by atoms with Crippen molar-refractivity contribution in [3.8, 4) is 0 Å². The highest BCUT2D eigenvalue weighted by Crippen LogP contribution is 2.13. The molecule has 1 aromatic rings. The predicted molar refractivity (Wildman–Crippen MR) is 91.5 cm³/mol. The number of amides is 2. The molecule has 0 aromatic heterocycles. The van der Waals surface area contributed by atoms with Gasteiger partial charge in [0.25, 0.3) is 0 Å². The maximum atomic E-state index is 12.2. The standard InChI is InChI=1S/C15H21N3O6S/c1-15(2,18-25(3,23)24)14(22)17-11-6-4-10(5-7-11)8-12(19)16-9-13(20)21/h4-7,18H,8-9H2,1-3H3,(H,16,19)(H,17,22)(H,20,21). The summed E-state index contributed by atoms with van der Waals surface area (Å²) in [5.41, 5.74) is -0.263. The third kappa shape index (κ3) is 7.77. The molecule has 0 bridgehead atoms. The zero-order chi connectivity index (χ0) is 19.3. The lowest BCUT2D eigenvalue weighted by atomic mass is 10.1. The third-order valence-electron chi connectivity index (χ3n) is 3.02. The SMILES string of the molecule is CC(C)(NS(C)(=O)=O)C(=O)Nc1ccc(CC(=O)NCC(=O)O)cc1. The fourth-order valence-corrected chi connectivity index (χ4v) is 2.94. The van der Waals surface area contributed by atoms with Crippen molar-refractivity contribution in [1.82, 2.24) is 10.0 Å². The van der Waals surface area contributed by atoms with Gasteiger partial charge in [-0.15, -0.1) is 0 Å². The molecule has 0 aliphatic carbocycles. The Kier molecular flexibility index (Phi) is 6.65. The third-order valence-corrected chi connectivity index (χ3v) is 3.90. The number of carbonyl (C=O) groups excluding carboxylic acids is 2. The van der Waals surface area contributed by atoms with Crippen LogP contribution in [0.3, 0.4) is 0 Å². The van der Waals surface area contributed by atoms with Crippen LogP contribution in [-0.4, -0.2) is 49.6 Å². The van der Waals surface area contributed by atoms with E-state index < -0.39 is 39.9 Å². The van der Waals surface area contributed by atoms with Crippen LogP contribution in [0.5, 0.6) is 0 Å². The van der Waals surface area contributed by atoms with Gasteiger partial charge in [-0.1, -0.05) is 12.1 Å². The number of rotatable bonds is 8. The first-order valence-electron chi connectivity index (χ1n) is 7.27. The summed E-state index contributed by atoms with van der Waals surface area (Å²) in [5, 5.41) is 13.3. The van der Waals surface area contributed by atoms with E-state index in [2.05, 4.69) is 15.4 Å². The van der Waals surface area contributed by atoms with E-state index in [1.54, 1.807) is 24.3 Å². The summed E-state index contributed by atoms with van der Waals surface area (Å²) in [5.74, 6) is -2.10. The molecule has 2 amide bonds. The molecule has 0 atom stereocenters. The maximum absolute atomic E-state index is 12.2. The number of benzene rings is 1. The molecule has 0 fully saturated rings. The first-order valence-corrected chi connectivity index (χ1v) is 9.16. The van der Waals surface area contributed by atoms with Gasteiger partial charge in [-0.05, 0) is 31.5 Å². The second-order valence-electron chi connectivity index (χ2n) is 6.00. The van der Waals surface area contributed by atoms with Crippen molar-refractivity contribution in [1.29, 1.82) is 0 Å². The summed E-state index contributed by atoms with van der Waals surface area (Å²) in [7, 11) is -3.55. The quantitative estimate of drug-likeness (QED) is 0.494. The number of aliphatic carboxylic acids is 1. The number of hydrogen-bond acceptors (Lipinski definition) is 5. The molecule has 4 N–H and O–H groups in total. The Morgan fingerprint density at radius 1 is 1.12 bits per heavy atom. The maximum Gasteiger partial charge on any atom is 0.322 e. The monoisotopic (exact) mass is 371 g/mol. The number of anilines is 1. The molecule has 0 unspecified atom stereocenters. The molecule has 138 valence electrons. The summed E-state index contributed by atoms with van der Waals surface area (Å²) < 4.78 is 24.8. The molecule has 0 heterocycles. The van der Waals surface area contributed by atoms with Gasteiger partial charge in [0.2, 0.25) is 21.8 Å². The van der Waals surface area contributed by atoms with Crippen LogP contribution in [0.15, 0.2) is 24.3 Å². The van der Waals surface area contributed by atoms with Gasteiger partial charge in [-0.25, -0.2) is 13.1 Å². The number of sulfonamides is 1. The van der Waals surface area contributed by atoms with Gasteiger partial charge in [-0.2, -0.15) is 0 Å². The van der Waals surface area contributed by atoms with Crippen molar-refractivity contribution in [3.63, 3.8) is 0 Å². The summed E-state index contributed by atoms with van der Waals surface area (Å²) in [6, 6.07) is 6.34. The first kappa shape index (κ1) is 20.6. The smallest absolute Gasteiger partial charge is 0.322 e. The van der Waals surface area contributed by atoms with Crippen molar-refractivity contribution in [2.75, 3.05) is 18.1 Å². The zero-order valence-electron chi connectivity index (χ0n) is 14.1. The van der Waals surface area contributed by atoms with Gasteiger partial charge >= 0.3 is 5.97 Å². The van der Waals surface area contributed by atoms with E-state index in [9.17, 15) is 22.8 Å². The van der Waals surface area contributed by atoms with Gasteiger partial charge in [0.1, 0.15) is 12.1 Å². The van der Waals surface area contributed by atoms with Gasteiger partial charge < -0.3 is 15.7 Å². The summed E-state index contributed by atoms with van der Waals surface area (Å²) in [4.78, 5) is 34.1. The molecule has 0 saturated heterocycles. The Morgan fingerprint density at radius 2 is 1.68 bits per heavy atom. The highest BCUT2D eigenvalue weighted by atomic mass is 32.2. The average Bonchev–Trinajstić information content (AvgIpc) is 2.44. The summed E-state index contributed by atoms with van der Waals surface area (Å²) in [6.07, 6.45) is 0.967. The van der Waals surface area contributed by atoms with Crippen LogP contribution in [0.2, 0.25) is 0 Å². The number of hydrogen-bond donors (Lipinski definition) is 4. The molecule has 0 saturated carbocycles. The van der Waals surface area contributed by atoms with Crippen LogP contribution < -0.4 is 15.4 Å². The zero-order valence-corrected chi connectivity index (χ0v) is 14.9. The number of nitrogens with one attached hydrogen (secondary N) is 3.